The van der Waals surface area contributed by atoms with Gasteiger partial charge in [0.25, 0.3) is 10.1 Å². The lowest BCUT2D eigenvalue weighted by molar-refractivity contribution is -0.123. The second-order valence-corrected chi connectivity index (χ2v) is 7.51. The molecule has 132 valence electrons. The number of carbonyl (C=O) groups is 1. The van der Waals surface area contributed by atoms with E-state index in [-0.39, 0.29) is 17.3 Å². The first-order valence-corrected chi connectivity index (χ1v) is 8.96. The van der Waals surface area contributed by atoms with E-state index >= 15 is 0 Å². The van der Waals surface area contributed by atoms with Crippen molar-refractivity contribution in [2.75, 3.05) is 32.1 Å². The van der Waals surface area contributed by atoms with Crippen LogP contribution in [0.15, 0.2) is 34.7 Å². The Bertz CT molecular complexity index is 771. The van der Waals surface area contributed by atoms with E-state index in [0.717, 1.165) is 5.56 Å². The molecule has 0 spiro atoms. The molecule has 1 aliphatic rings. The minimum absolute atomic E-state index is 0.178. The molecule has 2 N–H and O–H groups in total. The zero-order valence-electron chi connectivity index (χ0n) is 13.9. The highest BCUT2D eigenvalue weighted by molar-refractivity contribution is 7.86. The Balaban J connectivity index is 2.40. The van der Waals surface area contributed by atoms with Crippen molar-refractivity contribution < 1.29 is 22.9 Å². The van der Waals surface area contributed by atoms with Gasteiger partial charge in [0.1, 0.15) is 4.90 Å². The normalized spacial score (nSPS) is 20.3. The van der Waals surface area contributed by atoms with Crippen molar-refractivity contribution in [1.29, 1.82) is 0 Å². The molecule has 1 saturated heterocycles. The van der Waals surface area contributed by atoms with Crippen LogP contribution in [-0.4, -0.2) is 62.2 Å². The Morgan fingerprint density at radius 3 is 2.62 bits per heavy atom. The molecular weight excluding hydrogens is 332 g/mol. The summed E-state index contributed by atoms with van der Waals surface area (Å²) in [6.07, 6.45) is 0.995. The van der Waals surface area contributed by atoms with Gasteiger partial charge in [-0.2, -0.15) is 8.42 Å². The van der Waals surface area contributed by atoms with E-state index in [1.165, 1.54) is 17.0 Å². The van der Waals surface area contributed by atoms with Gasteiger partial charge in [-0.15, -0.1) is 0 Å². The summed E-state index contributed by atoms with van der Waals surface area (Å²) in [4.78, 5) is 14.8. The number of amides is 1. The molecule has 1 fully saturated rings. The first-order chi connectivity index (χ1) is 11.1. The van der Waals surface area contributed by atoms with E-state index in [1.807, 2.05) is 6.92 Å². The third kappa shape index (κ3) is 4.14. The molecule has 0 aromatic heterocycles. The quantitative estimate of drug-likeness (QED) is 0.616. The van der Waals surface area contributed by atoms with E-state index in [2.05, 4.69) is 0 Å². The lowest BCUT2D eigenvalue weighted by Gasteiger charge is -2.34. The van der Waals surface area contributed by atoms with Gasteiger partial charge in [-0.1, -0.05) is 6.07 Å². The molecule has 0 bridgehead atoms. The second kappa shape index (κ2) is 6.92. The highest BCUT2D eigenvalue weighted by atomic mass is 32.2. The van der Waals surface area contributed by atoms with Gasteiger partial charge in [-0.25, -0.2) is 0 Å². The summed E-state index contributed by atoms with van der Waals surface area (Å²) in [6, 6.07) is 4.64. The monoisotopic (exact) mass is 354 g/mol. The van der Waals surface area contributed by atoms with Crippen LogP contribution in [0, 0.1) is 6.92 Å². The second-order valence-electron chi connectivity index (χ2n) is 6.12. The SMILES string of the molecule is Cc1ccc(S(=O)(=O)O)c(N2CCC(O)/C(=C/C(=O)N(C)C)C2)c1. The summed E-state index contributed by atoms with van der Waals surface area (Å²) in [7, 11) is -1.14. The van der Waals surface area contributed by atoms with Gasteiger partial charge in [0.05, 0.1) is 11.8 Å². The molecule has 0 aliphatic carbocycles. The van der Waals surface area contributed by atoms with Crippen LogP contribution in [0.5, 0.6) is 0 Å². The Labute approximate surface area is 141 Å². The molecule has 1 amide bonds. The Morgan fingerprint density at radius 2 is 2.04 bits per heavy atom. The number of rotatable bonds is 3. The maximum Gasteiger partial charge on any atom is 0.296 e. The van der Waals surface area contributed by atoms with Gasteiger partial charge in [0, 0.05) is 33.3 Å². The topological polar surface area (TPSA) is 98.1 Å². The average Bonchev–Trinajstić information content (AvgIpc) is 2.47. The maximum atomic E-state index is 11.9. The summed E-state index contributed by atoms with van der Waals surface area (Å²) in [5.41, 5.74) is 1.73. The van der Waals surface area contributed by atoms with Crippen molar-refractivity contribution in [3.05, 3.63) is 35.4 Å². The number of aryl methyl sites for hydroxylation is 1. The van der Waals surface area contributed by atoms with Gasteiger partial charge < -0.3 is 14.9 Å². The number of aliphatic hydroxyl groups is 1. The molecule has 1 atom stereocenters. The fourth-order valence-corrected chi connectivity index (χ4v) is 3.29. The number of hydrogen-bond acceptors (Lipinski definition) is 5. The number of aliphatic hydroxyl groups excluding tert-OH is 1. The van der Waals surface area contributed by atoms with Crippen molar-refractivity contribution in [3.8, 4) is 0 Å². The van der Waals surface area contributed by atoms with Crippen molar-refractivity contribution >= 4 is 21.7 Å². The molecule has 2 rings (SSSR count). The Hall–Kier alpha value is -1.90. The van der Waals surface area contributed by atoms with Crippen molar-refractivity contribution in [3.63, 3.8) is 0 Å². The summed E-state index contributed by atoms with van der Waals surface area (Å²) >= 11 is 0. The molecule has 1 heterocycles. The van der Waals surface area contributed by atoms with Crippen LogP contribution in [0.3, 0.4) is 0 Å². The third-order valence-corrected chi connectivity index (χ3v) is 4.86. The lowest BCUT2D eigenvalue weighted by atomic mass is 9.99. The number of anilines is 1. The van der Waals surface area contributed by atoms with Gasteiger partial charge in [-0.05, 0) is 36.6 Å². The molecule has 0 radical (unpaired) electrons. The largest absolute Gasteiger partial charge is 0.389 e. The number of benzene rings is 1. The van der Waals surface area contributed by atoms with Crippen LogP contribution >= 0.6 is 0 Å². The van der Waals surface area contributed by atoms with E-state index in [4.69, 9.17) is 0 Å². The number of likely N-dealkylation sites (N-methyl/N-ethyl adjacent to an activating group) is 1. The Kier molecular flexibility index (Phi) is 5.32. The van der Waals surface area contributed by atoms with Crippen LogP contribution < -0.4 is 4.90 Å². The predicted octanol–water partition coefficient (Wildman–Crippen LogP) is 0.827. The number of hydrogen-bond donors (Lipinski definition) is 2. The first kappa shape index (κ1) is 18.4. The van der Waals surface area contributed by atoms with E-state index < -0.39 is 16.2 Å². The van der Waals surface area contributed by atoms with Crippen LogP contribution in [0.4, 0.5) is 5.69 Å². The van der Waals surface area contributed by atoms with E-state index in [9.17, 15) is 22.9 Å². The first-order valence-electron chi connectivity index (χ1n) is 7.52. The van der Waals surface area contributed by atoms with Crippen LogP contribution in [-0.2, 0) is 14.9 Å². The highest BCUT2D eigenvalue weighted by Crippen LogP contribution is 2.30. The van der Waals surface area contributed by atoms with Crippen molar-refractivity contribution in [2.24, 2.45) is 0 Å². The molecule has 7 nitrogen and oxygen atoms in total. The fourth-order valence-electron chi connectivity index (χ4n) is 2.60. The standard InChI is InChI=1S/C16H22N2O5S/c1-11-4-5-15(24(21,22)23)13(8-11)18-7-6-14(19)12(10-18)9-16(20)17(2)3/h4-5,8-9,14,19H,6-7,10H2,1-3H3,(H,21,22,23)/b12-9+. The molecular formula is C16H22N2O5S. The number of carbonyl (C=O) groups excluding carboxylic acids is 1. The molecule has 24 heavy (non-hydrogen) atoms. The Morgan fingerprint density at radius 1 is 1.38 bits per heavy atom. The maximum absolute atomic E-state index is 11.9. The van der Waals surface area contributed by atoms with Crippen molar-refractivity contribution in [1.82, 2.24) is 4.90 Å². The number of piperidine rings is 1. The van der Waals surface area contributed by atoms with Gasteiger partial charge in [0.2, 0.25) is 5.91 Å². The average molecular weight is 354 g/mol. The summed E-state index contributed by atoms with van der Waals surface area (Å²) in [5, 5.41) is 10.1. The summed E-state index contributed by atoms with van der Waals surface area (Å²) in [5.74, 6) is -0.245. The van der Waals surface area contributed by atoms with Crippen molar-refractivity contribution in [2.45, 2.75) is 24.3 Å². The minimum atomic E-state index is -4.37. The van der Waals surface area contributed by atoms with E-state index in [1.54, 1.807) is 31.1 Å². The predicted molar refractivity (Wildman–Crippen MR) is 90.6 cm³/mol. The van der Waals surface area contributed by atoms with Crippen LogP contribution in [0.2, 0.25) is 0 Å². The third-order valence-electron chi connectivity index (χ3n) is 3.96. The molecule has 1 unspecified atom stereocenters. The number of nitrogens with zero attached hydrogens (tertiary/aromatic N) is 2. The van der Waals surface area contributed by atoms with Gasteiger partial charge in [0.15, 0.2) is 0 Å². The molecule has 1 aromatic carbocycles. The fraction of sp³-hybridized carbons (Fsp3) is 0.438. The summed E-state index contributed by atoms with van der Waals surface area (Å²) < 4.78 is 32.7. The lowest BCUT2D eigenvalue weighted by Crippen LogP contribution is -2.39. The smallest absolute Gasteiger partial charge is 0.296 e. The van der Waals surface area contributed by atoms with E-state index in [0.29, 0.717) is 24.2 Å². The van der Waals surface area contributed by atoms with Gasteiger partial charge in [-0.3, -0.25) is 9.35 Å². The zero-order chi connectivity index (χ0) is 18.1. The molecule has 8 heteroatoms. The zero-order valence-corrected chi connectivity index (χ0v) is 14.7. The molecule has 1 aliphatic heterocycles. The minimum Gasteiger partial charge on any atom is -0.389 e. The van der Waals surface area contributed by atoms with Gasteiger partial charge >= 0.3 is 0 Å². The summed E-state index contributed by atoms with van der Waals surface area (Å²) in [6.45, 7) is 2.45. The van der Waals surface area contributed by atoms with Crippen LogP contribution in [0.1, 0.15) is 12.0 Å². The van der Waals surface area contributed by atoms with Crippen LogP contribution in [0.25, 0.3) is 0 Å². The molecule has 1 aromatic rings. The molecule has 0 saturated carbocycles. The highest BCUT2D eigenvalue weighted by Gasteiger charge is 2.27.